The fraction of sp³-hybridized carbons (Fsp3) is 0.214. The zero-order chi connectivity index (χ0) is 14.1. The number of carbonyl (C=O) groups excluding carboxylic acids is 1. The second kappa shape index (κ2) is 5.05. The van der Waals surface area contributed by atoms with Gasteiger partial charge in [0.05, 0.1) is 28.3 Å². The molecule has 102 valence electrons. The molecule has 0 atom stereocenters. The Balaban J connectivity index is 1.73. The van der Waals surface area contributed by atoms with Crippen molar-refractivity contribution < 1.29 is 4.79 Å². The Hall–Kier alpha value is -2.21. The quantitative estimate of drug-likeness (QED) is 0.777. The highest BCUT2D eigenvalue weighted by atomic mass is 32.1. The Labute approximate surface area is 120 Å². The highest BCUT2D eigenvalue weighted by molar-refractivity contribution is 7.13. The topological polar surface area (TPSA) is 70.7 Å². The van der Waals surface area contributed by atoms with E-state index in [0.717, 1.165) is 27.6 Å². The molecule has 0 aliphatic rings. The van der Waals surface area contributed by atoms with Gasteiger partial charge in [-0.3, -0.25) is 4.79 Å². The van der Waals surface area contributed by atoms with Crippen LogP contribution in [0.3, 0.4) is 0 Å². The summed E-state index contributed by atoms with van der Waals surface area (Å²) in [6, 6.07) is 7.79. The van der Waals surface area contributed by atoms with E-state index in [4.69, 9.17) is 0 Å². The molecule has 20 heavy (non-hydrogen) atoms. The van der Waals surface area contributed by atoms with Gasteiger partial charge in [-0.1, -0.05) is 12.1 Å². The lowest BCUT2D eigenvalue weighted by Gasteiger charge is -2.01. The molecule has 1 amide bonds. The van der Waals surface area contributed by atoms with Gasteiger partial charge >= 0.3 is 0 Å². The number of rotatable bonds is 3. The van der Waals surface area contributed by atoms with E-state index >= 15 is 0 Å². The van der Waals surface area contributed by atoms with Crippen LogP contribution in [0.4, 0.5) is 0 Å². The second-order valence-corrected chi connectivity index (χ2v) is 5.73. The first-order chi connectivity index (χ1) is 9.63. The molecular formula is C14H14N4OS. The first kappa shape index (κ1) is 12.8. The summed E-state index contributed by atoms with van der Waals surface area (Å²) in [4.78, 5) is 24.6. The molecule has 0 aliphatic heterocycles. The molecule has 3 rings (SSSR count). The number of aryl methyl sites for hydroxylation is 2. The van der Waals surface area contributed by atoms with Crippen molar-refractivity contribution in [2.45, 2.75) is 20.4 Å². The number of hydrogen-bond donors (Lipinski definition) is 2. The van der Waals surface area contributed by atoms with Gasteiger partial charge in [-0.2, -0.15) is 0 Å². The van der Waals surface area contributed by atoms with Crippen LogP contribution in [0.2, 0.25) is 0 Å². The minimum absolute atomic E-state index is 0.103. The van der Waals surface area contributed by atoms with Gasteiger partial charge in [0.15, 0.2) is 0 Å². The molecule has 0 saturated heterocycles. The number of nitrogens with zero attached hydrogens (tertiary/aromatic N) is 2. The Kier molecular flexibility index (Phi) is 3.23. The molecule has 0 unspecified atom stereocenters. The number of para-hydroxylation sites is 2. The molecule has 2 heterocycles. The molecule has 0 bridgehead atoms. The van der Waals surface area contributed by atoms with E-state index in [9.17, 15) is 4.79 Å². The van der Waals surface area contributed by atoms with Crippen LogP contribution < -0.4 is 5.32 Å². The van der Waals surface area contributed by atoms with Gasteiger partial charge in [-0.25, -0.2) is 9.97 Å². The Morgan fingerprint density at radius 1 is 1.30 bits per heavy atom. The number of H-pyrrole nitrogens is 1. The van der Waals surface area contributed by atoms with E-state index < -0.39 is 0 Å². The van der Waals surface area contributed by atoms with Crippen molar-refractivity contribution in [2.24, 2.45) is 0 Å². The lowest BCUT2D eigenvalue weighted by Crippen LogP contribution is -2.23. The van der Waals surface area contributed by atoms with Crippen LogP contribution in [-0.4, -0.2) is 20.9 Å². The van der Waals surface area contributed by atoms with E-state index in [-0.39, 0.29) is 5.91 Å². The summed E-state index contributed by atoms with van der Waals surface area (Å²) in [5.41, 5.74) is 2.65. The zero-order valence-electron chi connectivity index (χ0n) is 11.2. The largest absolute Gasteiger partial charge is 0.344 e. The molecular weight excluding hydrogens is 272 g/mol. The summed E-state index contributed by atoms with van der Waals surface area (Å²) >= 11 is 1.41. The minimum atomic E-state index is -0.103. The van der Waals surface area contributed by atoms with Crippen molar-refractivity contribution in [3.05, 3.63) is 45.7 Å². The number of aromatic nitrogens is 3. The third-order valence-electron chi connectivity index (χ3n) is 2.96. The Morgan fingerprint density at radius 2 is 2.10 bits per heavy atom. The van der Waals surface area contributed by atoms with Crippen LogP contribution in [0.5, 0.6) is 0 Å². The third kappa shape index (κ3) is 2.42. The molecule has 6 heteroatoms. The van der Waals surface area contributed by atoms with Crippen LogP contribution in [0.25, 0.3) is 11.0 Å². The van der Waals surface area contributed by atoms with Crippen LogP contribution in [0.1, 0.15) is 26.2 Å². The number of carbonyl (C=O) groups is 1. The van der Waals surface area contributed by atoms with Crippen LogP contribution in [0.15, 0.2) is 24.3 Å². The molecule has 2 aromatic heterocycles. The van der Waals surface area contributed by atoms with Gasteiger partial charge in [-0.15, -0.1) is 11.3 Å². The van der Waals surface area contributed by atoms with Gasteiger partial charge in [0.2, 0.25) is 0 Å². The lowest BCUT2D eigenvalue weighted by atomic mass is 10.3. The van der Waals surface area contributed by atoms with Gasteiger partial charge in [-0.05, 0) is 26.0 Å². The fourth-order valence-electron chi connectivity index (χ4n) is 2.08. The van der Waals surface area contributed by atoms with Crippen LogP contribution in [0, 0.1) is 13.8 Å². The van der Waals surface area contributed by atoms with Crippen molar-refractivity contribution in [3.8, 4) is 0 Å². The number of hydrogen-bond acceptors (Lipinski definition) is 4. The van der Waals surface area contributed by atoms with Crippen molar-refractivity contribution >= 4 is 28.3 Å². The maximum atomic E-state index is 12.1. The summed E-state index contributed by atoms with van der Waals surface area (Å²) in [6.45, 7) is 4.12. The molecule has 0 saturated carbocycles. The summed E-state index contributed by atoms with van der Waals surface area (Å²) in [5, 5.41) is 3.77. The predicted octanol–water partition coefficient (Wildman–Crippen LogP) is 2.57. The zero-order valence-corrected chi connectivity index (χ0v) is 12.0. The standard InChI is InChI=1S/C14H14N4OS/c1-8-13(20-9(2)16-8)14(19)15-7-12-17-10-5-3-4-6-11(10)18-12/h3-6H,7H2,1-2H3,(H,15,19)(H,17,18). The molecule has 0 radical (unpaired) electrons. The summed E-state index contributed by atoms with van der Waals surface area (Å²) in [6.07, 6.45) is 0. The average molecular weight is 286 g/mol. The number of aromatic amines is 1. The summed E-state index contributed by atoms with van der Waals surface area (Å²) < 4.78 is 0. The molecule has 5 nitrogen and oxygen atoms in total. The normalized spacial score (nSPS) is 10.9. The number of nitrogens with one attached hydrogen (secondary N) is 2. The van der Waals surface area contributed by atoms with Gasteiger partial charge in [0.1, 0.15) is 10.7 Å². The maximum absolute atomic E-state index is 12.1. The van der Waals surface area contributed by atoms with E-state index in [1.165, 1.54) is 11.3 Å². The Morgan fingerprint density at radius 3 is 2.80 bits per heavy atom. The van der Waals surface area contributed by atoms with Crippen LogP contribution >= 0.6 is 11.3 Å². The highest BCUT2D eigenvalue weighted by Crippen LogP contribution is 2.17. The van der Waals surface area contributed by atoms with E-state index in [1.807, 2.05) is 38.1 Å². The van der Waals surface area contributed by atoms with Gasteiger partial charge in [0, 0.05) is 0 Å². The highest BCUT2D eigenvalue weighted by Gasteiger charge is 2.13. The molecule has 1 aromatic carbocycles. The van der Waals surface area contributed by atoms with E-state index in [2.05, 4.69) is 20.3 Å². The third-order valence-corrected chi connectivity index (χ3v) is 4.04. The number of thiazole rings is 1. The van der Waals surface area contributed by atoms with E-state index in [1.54, 1.807) is 0 Å². The SMILES string of the molecule is Cc1nc(C)c(C(=O)NCc2nc3ccccc3[nH]2)s1. The molecule has 0 aliphatic carbocycles. The summed E-state index contributed by atoms with van der Waals surface area (Å²) in [7, 11) is 0. The number of fused-ring (bicyclic) bond motifs is 1. The second-order valence-electron chi connectivity index (χ2n) is 4.53. The molecule has 3 aromatic rings. The molecule has 0 spiro atoms. The van der Waals surface area contributed by atoms with Crippen molar-refractivity contribution in [1.29, 1.82) is 0 Å². The number of benzene rings is 1. The number of amides is 1. The molecule has 2 N–H and O–H groups in total. The molecule has 0 fully saturated rings. The van der Waals surface area contributed by atoms with Crippen molar-refractivity contribution in [1.82, 2.24) is 20.3 Å². The van der Waals surface area contributed by atoms with Gasteiger partial charge in [0.25, 0.3) is 5.91 Å². The van der Waals surface area contributed by atoms with E-state index in [0.29, 0.717) is 11.4 Å². The monoisotopic (exact) mass is 286 g/mol. The first-order valence-electron chi connectivity index (χ1n) is 6.29. The Bertz CT molecular complexity index is 741. The summed E-state index contributed by atoms with van der Waals surface area (Å²) in [5.74, 6) is 0.645. The number of imidazole rings is 1. The van der Waals surface area contributed by atoms with Gasteiger partial charge < -0.3 is 10.3 Å². The lowest BCUT2D eigenvalue weighted by molar-refractivity contribution is 0.0953. The fourth-order valence-corrected chi connectivity index (χ4v) is 2.91. The van der Waals surface area contributed by atoms with Crippen LogP contribution in [-0.2, 0) is 6.54 Å². The maximum Gasteiger partial charge on any atom is 0.263 e. The predicted molar refractivity (Wildman–Crippen MR) is 78.9 cm³/mol. The van der Waals surface area contributed by atoms with Crippen molar-refractivity contribution in [2.75, 3.05) is 0 Å². The first-order valence-corrected chi connectivity index (χ1v) is 7.11. The smallest absolute Gasteiger partial charge is 0.263 e. The minimum Gasteiger partial charge on any atom is -0.344 e. The average Bonchev–Trinajstić information content (AvgIpc) is 2.98. The van der Waals surface area contributed by atoms with Crippen molar-refractivity contribution in [3.63, 3.8) is 0 Å².